The first-order valence-corrected chi connectivity index (χ1v) is 4.92. The van der Waals surface area contributed by atoms with Crippen molar-refractivity contribution in [1.29, 1.82) is 5.26 Å². The van der Waals surface area contributed by atoms with Crippen LogP contribution in [0.5, 0.6) is 0 Å². The Morgan fingerprint density at radius 2 is 2.35 bits per heavy atom. The number of nitrogens with zero attached hydrogens (tertiary/aromatic N) is 4. The predicted octanol–water partition coefficient (Wildman–Crippen LogP) is 1.05. The van der Waals surface area contributed by atoms with Crippen molar-refractivity contribution in [1.82, 2.24) is 14.8 Å². The van der Waals surface area contributed by atoms with E-state index in [9.17, 15) is 4.79 Å². The number of amides is 1. The van der Waals surface area contributed by atoms with Crippen molar-refractivity contribution >= 4 is 11.7 Å². The lowest BCUT2D eigenvalue weighted by Crippen LogP contribution is -2.14. The minimum Gasteiger partial charge on any atom is -0.304 e. The molecular weight excluding hydrogens is 218 g/mol. The van der Waals surface area contributed by atoms with E-state index in [2.05, 4.69) is 15.4 Å². The molecule has 0 radical (unpaired) electrons. The molecule has 6 heteroatoms. The fourth-order valence-electron chi connectivity index (χ4n) is 1.27. The second kappa shape index (κ2) is 4.90. The summed E-state index contributed by atoms with van der Waals surface area (Å²) in [7, 11) is 0. The number of nitrogens with one attached hydrogen (secondary N) is 1. The average Bonchev–Trinajstić information content (AvgIpc) is 2.78. The van der Waals surface area contributed by atoms with E-state index in [1.54, 1.807) is 36.7 Å². The summed E-state index contributed by atoms with van der Waals surface area (Å²) in [5.74, 6) is 0.0729. The van der Waals surface area contributed by atoms with Crippen molar-refractivity contribution in [2.45, 2.75) is 6.54 Å². The minimum atomic E-state index is -0.326. The van der Waals surface area contributed by atoms with Crippen LogP contribution < -0.4 is 5.32 Å². The Balaban J connectivity index is 2.06. The van der Waals surface area contributed by atoms with Gasteiger partial charge in [0.2, 0.25) is 0 Å². The third-order valence-corrected chi connectivity index (χ3v) is 2.01. The van der Waals surface area contributed by atoms with E-state index < -0.39 is 0 Å². The average molecular weight is 227 g/mol. The summed E-state index contributed by atoms with van der Waals surface area (Å²) in [5, 5.41) is 15.1. The molecule has 0 aliphatic heterocycles. The Kier molecular flexibility index (Phi) is 3.12. The minimum absolute atomic E-state index is 0.152. The number of hydrogen-bond acceptors (Lipinski definition) is 4. The lowest BCUT2D eigenvalue weighted by atomic mass is 10.3. The predicted molar refractivity (Wildman–Crippen MR) is 60.0 cm³/mol. The van der Waals surface area contributed by atoms with Crippen LogP contribution in [-0.4, -0.2) is 20.7 Å². The Bertz CT molecular complexity index is 555. The number of aromatic nitrogens is 3. The maximum absolute atomic E-state index is 11.7. The van der Waals surface area contributed by atoms with Crippen LogP contribution >= 0.6 is 0 Å². The van der Waals surface area contributed by atoms with Gasteiger partial charge in [0.05, 0.1) is 6.07 Å². The van der Waals surface area contributed by atoms with E-state index in [1.165, 1.54) is 4.68 Å². The van der Waals surface area contributed by atoms with Gasteiger partial charge in [-0.05, 0) is 12.1 Å². The number of pyridine rings is 1. The molecule has 1 amide bonds. The second-order valence-corrected chi connectivity index (χ2v) is 3.23. The molecule has 0 aliphatic carbocycles. The number of carbonyl (C=O) groups excluding carboxylic acids is 1. The summed E-state index contributed by atoms with van der Waals surface area (Å²) in [4.78, 5) is 15.6. The molecule has 0 saturated carbocycles. The Morgan fingerprint density at radius 1 is 1.47 bits per heavy atom. The van der Waals surface area contributed by atoms with Gasteiger partial charge in [-0.15, -0.1) is 0 Å². The van der Waals surface area contributed by atoms with Crippen LogP contribution in [0.4, 0.5) is 5.82 Å². The topological polar surface area (TPSA) is 83.6 Å². The molecule has 2 aromatic heterocycles. The Hall–Kier alpha value is -2.68. The van der Waals surface area contributed by atoms with Gasteiger partial charge < -0.3 is 5.32 Å². The summed E-state index contributed by atoms with van der Waals surface area (Å²) in [6, 6.07) is 8.66. The first kappa shape index (κ1) is 10.8. The van der Waals surface area contributed by atoms with Crippen LogP contribution in [0.3, 0.4) is 0 Å². The first-order valence-electron chi connectivity index (χ1n) is 4.92. The molecule has 0 aliphatic rings. The SMILES string of the molecule is N#CCn1ccc(NC(=O)c2ccccn2)n1. The molecule has 17 heavy (non-hydrogen) atoms. The van der Waals surface area contributed by atoms with Gasteiger partial charge in [0.1, 0.15) is 12.2 Å². The van der Waals surface area contributed by atoms with Gasteiger partial charge in [-0.3, -0.25) is 14.5 Å². The molecule has 0 atom stereocenters. The highest BCUT2D eigenvalue weighted by Gasteiger charge is 2.08. The van der Waals surface area contributed by atoms with Gasteiger partial charge in [0.25, 0.3) is 5.91 Å². The summed E-state index contributed by atoms with van der Waals surface area (Å²) >= 11 is 0. The molecule has 0 saturated heterocycles. The summed E-state index contributed by atoms with van der Waals surface area (Å²) in [6.07, 6.45) is 3.17. The molecule has 84 valence electrons. The summed E-state index contributed by atoms with van der Waals surface area (Å²) in [6.45, 7) is 0.152. The van der Waals surface area contributed by atoms with Gasteiger partial charge >= 0.3 is 0 Å². The third kappa shape index (κ3) is 2.66. The molecule has 2 rings (SSSR count). The number of carbonyl (C=O) groups is 1. The molecule has 2 aromatic rings. The molecule has 1 N–H and O–H groups in total. The van der Waals surface area contributed by atoms with Crippen LogP contribution in [-0.2, 0) is 6.54 Å². The van der Waals surface area contributed by atoms with Crippen molar-refractivity contribution < 1.29 is 4.79 Å². The smallest absolute Gasteiger partial charge is 0.275 e. The van der Waals surface area contributed by atoms with Gasteiger partial charge in [-0.2, -0.15) is 10.4 Å². The van der Waals surface area contributed by atoms with Crippen LogP contribution in [0.15, 0.2) is 36.7 Å². The van der Waals surface area contributed by atoms with Gasteiger partial charge in [-0.1, -0.05) is 6.07 Å². The van der Waals surface area contributed by atoms with Crippen molar-refractivity contribution in [3.8, 4) is 6.07 Å². The fourth-order valence-corrected chi connectivity index (χ4v) is 1.27. The quantitative estimate of drug-likeness (QED) is 0.849. The van der Waals surface area contributed by atoms with E-state index in [-0.39, 0.29) is 12.5 Å². The lowest BCUT2D eigenvalue weighted by Gasteiger charge is -2.00. The standard InChI is InChI=1S/C11H9N5O/c12-5-8-16-7-4-10(15-16)14-11(17)9-3-1-2-6-13-9/h1-4,6-7H,8H2,(H,14,15,17). The van der Waals surface area contributed by atoms with E-state index in [1.807, 2.05) is 6.07 Å². The van der Waals surface area contributed by atoms with E-state index in [0.29, 0.717) is 11.5 Å². The van der Waals surface area contributed by atoms with Crippen molar-refractivity contribution in [2.24, 2.45) is 0 Å². The second-order valence-electron chi connectivity index (χ2n) is 3.23. The largest absolute Gasteiger partial charge is 0.304 e. The zero-order chi connectivity index (χ0) is 12.1. The zero-order valence-electron chi connectivity index (χ0n) is 8.87. The molecule has 0 aromatic carbocycles. The number of rotatable bonds is 3. The highest BCUT2D eigenvalue weighted by molar-refractivity contribution is 6.02. The zero-order valence-corrected chi connectivity index (χ0v) is 8.87. The summed E-state index contributed by atoms with van der Waals surface area (Å²) in [5.41, 5.74) is 0.322. The van der Waals surface area contributed by atoms with Crippen LogP contribution in [0.2, 0.25) is 0 Å². The molecule has 0 bridgehead atoms. The Morgan fingerprint density at radius 3 is 3.06 bits per heavy atom. The molecule has 2 heterocycles. The van der Waals surface area contributed by atoms with E-state index in [0.717, 1.165) is 0 Å². The normalized spacial score (nSPS) is 9.59. The number of anilines is 1. The lowest BCUT2D eigenvalue weighted by molar-refractivity contribution is 0.102. The maximum atomic E-state index is 11.7. The molecule has 0 unspecified atom stereocenters. The fraction of sp³-hybridized carbons (Fsp3) is 0.0909. The van der Waals surface area contributed by atoms with E-state index in [4.69, 9.17) is 5.26 Å². The molecule has 6 nitrogen and oxygen atoms in total. The van der Waals surface area contributed by atoms with Crippen molar-refractivity contribution in [3.05, 3.63) is 42.4 Å². The number of nitriles is 1. The van der Waals surface area contributed by atoms with E-state index >= 15 is 0 Å². The Labute approximate surface area is 97.5 Å². The van der Waals surface area contributed by atoms with Gasteiger partial charge in [0.15, 0.2) is 5.82 Å². The maximum Gasteiger partial charge on any atom is 0.275 e. The highest BCUT2D eigenvalue weighted by Crippen LogP contribution is 2.04. The van der Waals surface area contributed by atoms with Crippen molar-refractivity contribution in [3.63, 3.8) is 0 Å². The summed E-state index contributed by atoms with van der Waals surface area (Å²) < 4.78 is 1.44. The molecule has 0 fully saturated rings. The van der Waals surface area contributed by atoms with Crippen LogP contribution in [0.25, 0.3) is 0 Å². The van der Waals surface area contributed by atoms with Crippen LogP contribution in [0, 0.1) is 11.3 Å². The van der Waals surface area contributed by atoms with Gasteiger partial charge in [0, 0.05) is 18.5 Å². The van der Waals surface area contributed by atoms with Crippen LogP contribution in [0.1, 0.15) is 10.5 Å². The van der Waals surface area contributed by atoms with Gasteiger partial charge in [-0.25, -0.2) is 0 Å². The monoisotopic (exact) mass is 227 g/mol. The highest BCUT2D eigenvalue weighted by atomic mass is 16.1. The van der Waals surface area contributed by atoms with Crippen molar-refractivity contribution in [2.75, 3.05) is 5.32 Å². The molecular formula is C11H9N5O. The molecule has 0 spiro atoms. The number of hydrogen-bond donors (Lipinski definition) is 1. The third-order valence-electron chi connectivity index (χ3n) is 2.01. The first-order chi connectivity index (χ1) is 8.29.